The van der Waals surface area contributed by atoms with E-state index in [2.05, 4.69) is 17.4 Å². The van der Waals surface area contributed by atoms with Crippen LogP contribution in [0.15, 0.2) is 60.7 Å². The summed E-state index contributed by atoms with van der Waals surface area (Å²) in [4.78, 5) is 27.5. The number of carbonyl (C=O) groups is 2. The molecule has 0 saturated heterocycles. The van der Waals surface area contributed by atoms with Crippen LogP contribution < -0.4 is 19.5 Å². The zero-order valence-electron chi connectivity index (χ0n) is 19.6. The molecule has 34 heavy (non-hydrogen) atoms. The quantitative estimate of drug-likeness (QED) is 0.545. The largest absolute Gasteiger partial charge is 0.497 e. The maximum atomic E-state index is 13.1. The van der Waals surface area contributed by atoms with Crippen LogP contribution in [0.25, 0.3) is 0 Å². The zero-order chi connectivity index (χ0) is 24.1. The normalized spacial score (nSPS) is 12.7. The molecule has 1 heterocycles. The number of methoxy groups -OCH3 is 2. The zero-order valence-corrected chi connectivity index (χ0v) is 19.6. The molecule has 0 aliphatic carbocycles. The minimum absolute atomic E-state index is 0.0281. The van der Waals surface area contributed by atoms with E-state index in [1.807, 2.05) is 30.0 Å². The molecular formula is C27H28N2O5. The van der Waals surface area contributed by atoms with Gasteiger partial charge in [-0.15, -0.1) is 0 Å². The summed E-state index contributed by atoms with van der Waals surface area (Å²) in [5.41, 5.74) is 4.26. The molecule has 0 unspecified atom stereocenters. The van der Waals surface area contributed by atoms with Gasteiger partial charge in [0, 0.05) is 30.3 Å². The maximum Gasteiger partial charge on any atom is 0.262 e. The minimum Gasteiger partial charge on any atom is -0.497 e. The molecule has 1 aliphatic heterocycles. The number of amides is 2. The van der Waals surface area contributed by atoms with Gasteiger partial charge in [-0.25, -0.2) is 0 Å². The van der Waals surface area contributed by atoms with Gasteiger partial charge in [0.2, 0.25) is 0 Å². The van der Waals surface area contributed by atoms with E-state index in [0.29, 0.717) is 48.0 Å². The van der Waals surface area contributed by atoms with Crippen LogP contribution in [0.5, 0.6) is 17.2 Å². The van der Waals surface area contributed by atoms with Crippen LogP contribution in [0.1, 0.15) is 27.0 Å². The van der Waals surface area contributed by atoms with Crippen LogP contribution in [0.4, 0.5) is 5.69 Å². The van der Waals surface area contributed by atoms with E-state index in [-0.39, 0.29) is 18.4 Å². The fourth-order valence-electron chi connectivity index (χ4n) is 3.97. The maximum absolute atomic E-state index is 13.1. The second-order valence-corrected chi connectivity index (χ2v) is 8.15. The summed E-state index contributed by atoms with van der Waals surface area (Å²) in [7, 11) is 3.09. The monoisotopic (exact) mass is 460 g/mol. The number of hydrogen-bond donors (Lipinski definition) is 1. The highest BCUT2D eigenvalue weighted by Crippen LogP contribution is 2.30. The minimum atomic E-state index is -0.329. The molecule has 176 valence electrons. The molecule has 3 aromatic carbocycles. The number of benzene rings is 3. The van der Waals surface area contributed by atoms with E-state index >= 15 is 0 Å². The first-order valence-electron chi connectivity index (χ1n) is 11.1. The summed E-state index contributed by atoms with van der Waals surface area (Å²) in [5.74, 6) is 1.31. The van der Waals surface area contributed by atoms with Crippen LogP contribution in [-0.2, 0) is 17.8 Å². The average Bonchev–Trinajstić information content (AvgIpc) is 2.86. The standard InChI is InChI=1S/C27H28N2O5/c1-18-7-9-19(10-8-18)16-29-14-13-21-22(27(29)31)5-4-6-24(21)34-17-26(30)28-23-12-11-20(32-2)15-25(23)33-3/h4-12,15H,13-14,16-17H2,1-3H3,(H,28,30). The van der Waals surface area contributed by atoms with Crippen LogP contribution in [-0.4, -0.2) is 44.1 Å². The van der Waals surface area contributed by atoms with E-state index in [0.717, 1.165) is 11.1 Å². The molecule has 0 aromatic heterocycles. The fourth-order valence-corrected chi connectivity index (χ4v) is 3.97. The number of carbonyl (C=O) groups excluding carboxylic acids is 2. The molecule has 0 bridgehead atoms. The van der Waals surface area contributed by atoms with E-state index < -0.39 is 0 Å². The predicted molar refractivity (Wildman–Crippen MR) is 130 cm³/mol. The molecule has 4 rings (SSSR count). The van der Waals surface area contributed by atoms with E-state index in [1.165, 1.54) is 12.7 Å². The molecule has 3 aromatic rings. The lowest BCUT2D eigenvalue weighted by Gasteiger charge is -2.29. The van der Waals surface area contributed by atoms with Gasteiger partial charge in [0.1, 0.15) is 17.2 Å². The van der Waals surface area contributed by atoms with Crippen LogP contribution in [0, 0.1) is 6.92 Å². The third-order valence-corrected chi connectivity index (χ3v) is 5.82. The lowest BCUT2D eigenvalue weighted by Crippen LogP contribution is -2.37. The Labute approximate surface area is 199 Å². The smallest absolute Gasteiger partial charge is 0.262 e. The first-order valence-corrected chi connectivity index (χ1v) is 11.1. The number of aryl methyl sites for hydroxylation is 1. The Morgan fingerprint density at radius 1 is 1.00 bits per heavy atom. The van der Waals surface area contributed by atoms with Crippen molar-refractivity contribution in [3.8, 4) is 17.2 Å². The summed E-state index contributed by atoms with van der Waals surface area (Å²) in [6.45, 7) is 3.01. The van der Waals surface area contributed by atoms with Crippen molar-refractivity contribution in [1.82, 2.24) is 4.90 Å². The molecule has 0 spiro atoms. The van der Waals surface area contributed by atoms with E-state index in [1.54, 1.807) is 37.4 Å². The molecule has 0 atom stereocenters. The average molecular weight is 461 g/mol. The second-order valence-electron chi connectivity index (χ2n) is 8.15. The second kappa shape index (κ2) is 10.3. The summed E-state index contributed by atoms with van der Waals surface area (Å²) in [6.07, 6.45) is 0.664. The molecule has 1 N–H and O–H groups in total. The predicted octanol–water partition coefficient (Wildman–Crippen LogP) is 4.23. The third-order valence-electron chi connectivity index (χ3n) is 5.82. The van der Waals surface area contributed by atoms with Crippen molar-refractivity contribution in [1.29, 1.82) is 0 Å². The van der Waals surface area contributed by atoms with Crippen molar-refractivity contribution in [2.45, 2.75) is 19.9 Å². The first-order chi connectivity index (χ1) is 16.5. The van der Waals surface area contributed by atoms with Crippen molar-refractivity contribution in [2.24, 2.45) is 0 Å². The Hall–Kier alpha value is -4.00. The van der Waals surface area contributed by atoms with Crippen LogP contribution in [0.3, 0.4) is 0 Å². The molecule has 7 nitrogen and oxygen atoms in total. The van der Waals surface area contributed by atoms with Crippen molar-refractivity contribution in [2.75, 3.05) is 32.7 Å². The van der Waals surface area contributed by atoms with Crippen LogP contribution in [0.2, 0.25) is 0 Å². The number of nitrogens with one attached hydrogen (secondary N) is 1. The Morgan fingerprint density at radius 3 is 2.53 bits per heavy atom. The fraction of sp³-hybridized carbons (Fsp3) is 0.259. The lowest BCUT2D eigenvalue weighted by atomic mass is 9.97. The molecule has 2 amide bonds. The third kappa shape index (κ3) is 5.14. The highest BCUT2D eigenvalue weighted by Gasteiger charge is 2.27. The van der Waals surface area contributed by atoms with Gasteiger partial charge in [-0.3, -0.25) is 9.59 Å². The number of ether oxygens (including phenoxy) is 3. The number of nitrogens with zero attached hydrogens (tertiary/aromatic N) is 1. The molecule has 0 saturated carbocycles. The van der Waals surface area contributed by atoms with Gasteiger partial charge in [-0.2, -0.15) is 0 Å². The summed E-state index contributed by atoms with van der Waals surface area (Å²) < 4.78 is 16.3. The van der Waals surface area contributed by atoms with Crippen molar-refractivity contribution < 1.29 is 23.8 Å². The van der Waals surface area contributed by atoms with Gasteiger partial charge < -0.3 is 24.4 Å². The Balaban J connectivity index is 1.41. The number of fused-ring (bicyclic) bond motifs is 1. The Kier molecular flexibility index (Phi) is 7.01. The van der Waals surface area contributed by atoms with Crippen molar-refractivity contribution >= 4 is 17.5 Å². The summed E-state index contributed by atoms with van der Waals surface area (Å²) in [5, 5.41) is 2.79. The molecule has 0 fully saturated rings. The van der Waals surface area contributed by atoms with E-state index in [4.69, 9.17) is 14.2 Å². The van der Waals surface area contributed by atoms with Gasteiger partial charge in [0.05, 0.1) is 19.9 Å². The lowest BCUT2D eigenvalue weighted by molar-refractivity contribution is -0.118. The SMILES string of the molecule is COc1ccc(NC(=O)COc2cccc3c2CCN(Cc2ccc(C)cc2)C3=O)c(OC)c1. The molecule has 0 radical (unpaired) electrons. The molecular weight excluding hydrogens is 432 g/mol. The van der Waals surface area contributed by atoms with Gasteiger partial charge in [0.25, 0.3) is 11.8 Å². The number of anilines is 1. The number of rotatable bonds is 8. The summed E-state index contributed by atoms with van der Waals surface area (Å²) in [6, 6.07) is 18.7. The van der Waals surface area contributed by atoms with Gasteiger partial charge in [-0.1, -0.05) is 35.9 Å². The van der Waals surface area contributed by atoms with Gasteiger partial charge in [0.15, 0.2) is 6.61 Å². The Morgan fingerprint density at radius 2 is 1.79 bits per heavy atom. The molecule has 7 heteroatoms. The van der Waals surface area contributed by atoms with E-state index in [9.17, 15) is 9.59 Å². The highest BCUT2D eigenvalue weighted by molar-refractivity contribution is 5.97. The van der Waals surface area contributed by atoms with Gasteiger partial charge >= 0.3 is 0 Å². The van der Waals surface area contributed by atoms with Crippen LogP contribution >= 0.6 is 0 Å². The molecule has 1 aliphatic rings. The van der Waals surface area contributed by atoms with Crippen molar-refractivity contribution in [3.63, 3.8) is 0 Å². The van der Waals surface area contributed by atoms with Crippen molar-refractivity contribution in [3.05, 3.63) is 82.9 Å². The first kappa shape index (κ1) is 23.2. The topological polar surface area (TPSA) is 77.1 Å². The summed E-state index contributed by atoms with van der Waals surface area (Å²) >= 11 is 0. The van der Waals surface area contributed by atoms with Gasteiger partial charge in [-0.05, 0) is 43.2 Å². The Bertz CT molecular complexity index is 1190. The highest BCUT2D eigenvalue weighted by atomic mass is 16.5. The number of hydrogen-bond acceptors (Lipinski definition) is 5.